The minimum absolute atomic E-state index is 0. The van der Waals surface area contributed by atoms with E-state index in [-0.39, 0.29) is 119 Å². The number of aliphatic hydroxyl groups excluding tert-OH is 1. The summed E-state index contributed by atoms with van der Waals surface area (Å²) < 4.78 is 83.2. The van der Waals surface area contributed by atoms with Gasteiger partial charge in [-0.3, -0.25) is 39.1 Å². The van der Waals surface area contributed by atoms with Crippen molar-refractivity contribution in [2.75, 3.05) is 0 Å². The SMILES string of the molecule is CC([O-])=CC(=O)c1ccc2c(c1)c1ccccc1n2-c1ccccc1.CC([O-])=CC(O)c1ccc2c(c1)c1ccccc1n2-c1ccccc1.O=C(C=C([O-])C(F)(F)F)c1ccc2c(c1)c1ccccc1n2-c1ccccc1.O=C(CC(=O)C(F)(F)F)c1ccc2c(c1)c1ccccc1n2-c1ccccc1.[Eu+3].[Na+].[OH-].c1cnc2c(c1)ccc1cccnc12.c1cnc2c(c1)ccc1cccnc12. The molecular weight excluding hydrogens is 1890 g/mol. The van der Waals surface area contributed by atoms with Gasteiger partial charge < -0.3 is 44.2 Å². The number of nitrogens with zero attached hydrogens (tertiary/aromatic N) is 8. The minimum atomic E-state index is -5.07. The average Bonchev–Trinajstić information content (AvgIpc) is 1.61. The van der Waals surface area contributed by atoms with E-state index in [0.29, 0.717) is 5.56 Å². The van der Waals surface area contributed by atoms with Gasteiger partial charge in [-0.1, -0.05) is 220 Å². The summed E-state index contributed by atoms with van der Waals surface area (Å²) in [7, 11) is 0. The van der Waals surface area contributed by atoms with Crippen molar-refractivity contribution in [3.8, 4) is 22.7 Å². The Morgan fingerprint density at radius 1 is 0.328 bits per heavy atom. The van der Waals surface area contributed by atoms with E-state index in [1.807, 2.05) is 234 Å². The molecule has 137 heavy (non-hydrogen) atoms. The fourth-order valence-corrected chi connectivity index (χ4v) is 16.6. The first-order valence-corrected chi connectivity index (χ1v) is 42.5. The molecule has 2 N–H and O–H groups in total. The number of allylic oxidation sites excluding steroid dienone is 5. The monoisotopic (exact) mass is 1970 g/mol. The molecule has 17 nitrogen and oxygen atoms in total. The zero-order valence-electron chi connectivity index (χ0n) is 73.4. The van der Waals surface area contributed by atoms with Crippen molar-refractivity contribution < 1.29 is 150 Å². The molecule has 0 amide bonds. The Kier molecular flexibility index (Phi) is 31.1. The summed E-state index contributed by atoms with van der Waals surface area (Å²) >= 11 is 0. The maximum absolute atomic E-state index is 12.5. The van der Waals surface area contributed by atoms with Crippen LogP contribution in [0, 0.1) is 49.4 Å². The molecule has 22 aromatic rings. The van der Waals surface area contributed by atoms with Gasteiger partial charge in [-0.05, 0) is 187 Å². The van der Waals surface area contributed by atoms with Gasteiger partial charge >= 0.3 is 91.3 Å². The molecule has 1 atom stereocenters. The van der Waals surface area contributed by atoms with E-state index in [0.717, 1.165) is 165 Å². The van der Waals surface area contributed by atoms with Crippen LogP contribution in [0.2, 0.25) is 0 Å². The Morgan fingerprint density at radius 3 is 0.912 bits per heavy atom. The van der Waals surface area contributed by atoms with Gasteiger partial charge in [0, 0.05) is 129 Å². The number of rotatable bonds is 13. The summed E-state index contributed by atoms with van der Waals surface area (Å²) in [5.41, 5.74) is 17.1. The van der Waals surface area contributed by atoms with Crippen LogP contribution in [0.15, 0.2) is 424 Å². The third kappa shape index (κ3) is 21.5. The Balaban J connectivity index is 0.000000133. The van der Waals surface area contributed by atoms with Gasteiger partial charge in [0.25, 0.3) is 0 Å². The predicted octanol–water partition coefficient (Wildman–Crippen LogP) is 21.0. The Hall–Kier alpha value is -14.7. The van der Waals surface area contributed by atoms with E-state index >= 15 is 0 Å². The van der Waals surface area contributed by atoms with Crippen LogP contribution in [-0.2, 0) is 4.79 Å². The second-order valence-corrected chi connectivity index (χ2v) is 31.4. The Morgan fingerprint density at radius 2 is 0.606 bits per heavy atom. The third-order valence-corrected chi connectivity index (χ3v) is 22.6. The predicted molar refractivity (Wildman–Crippen MR) is 514 cm³/mol. The summed E-state index contributed by atoms with van der Waals surface area (Å²) in [5.74, 6) is -6.66. The van der Waals surface area contributed by atoms with Gasteiger partial charge in [0.05, 0.1) is 78.7 Å². The third-order valence-electron chi connectivity index (χ3n) is 22.6. The Bertz CT molecular complexity index is 8110. The number of Topliss-reactive ketones (excluding diaryl/α,β-unsaturated/α-hetero) is 2. The fourth-order valence-electron chi connectivity index (χ4n) is 16.6. The largest absolute Gasteiger partial charge is 3.00 e. The standard InChI is InChI=1S/2C22H14F3NO2.C22H19NO2.C22H17NO2.2C12H8N2.Eu.Na.H2O/c2*23-22(24,25)21(28)13-20(27)14-10-11-19-17(12-14)16-8-4-5-9-18(16)26(19)15-6-2-1-3-7-15;2*1-15(24)13-22(25)16-11-12-21-19(14-16)18-9-5-6-10-20(18)23(21)17-7-3-2-4-8-17;2*1-3-9-5-6-10-4-2-8-14-12(10)11(9)13-7-1;;;/h1-12H,13H2;1-13,28H;2-14,22,24-25H,1H3;2-14,24H,1H3;2*1-8H;;;1H2/q;;;;;;+3;+1;/p-4. The molecule has 0 aliphatic heterocycles. The number of carbonyl (C=O) groups excluding carboxylic acids is 4. The second kappa shape index (κ2) is 43.3. The van der Waals surface area contributed by atoms with Crippen molar-refractivity contribution in [2.45, 2.75) is 38.7 Å². The van der Waals surface area contributed by atoms with Crippen LogP contribution < -0.4 is 44.9 Å². The quantitative estimate of drug-likeness (QED) is 0.0214. The van der Waals surface area contributed by atoms with Crippen LogP contribution in [0.3, 0.4) is 0 Å². The molecule has 670 valence electrons. The molecule has 0 bridgehead atoms. The summed E-state index contributed by atoms with van der Waals surface area (Å²) in [5, 5.41) is 55.9. The van der Waals surface area contributed by atoms with Gasteiger partial charge in [-0.25, -0.2) is 0 Å². The zero-order valence-corrected chi connectivity index (χ0v) is 77.9. The number of pyridine rings is 4. The molecule has 0 aliphatic rings. The number of hydrogen-bond acceptors (Lipinski definition) is 13. The number of aliphatic hydroxyl groups is 1. The maximum Gasteiger partial charge on any atom is 3.00 e. The van der Waals surface area contributed by atoms with E-state index in [1.54, 1.807) is 49.1 Å². The van der Waals surface area contributed by atoms with Crippen molar-refractivity contribution in [2.24, 2.45) is 0 Å². The second-order valence-electron chi connectivity index (χ2n) is 31.4. The van der Waals surface area contributed by atoms with Crippen molar-refractivity contribution in [1.82, 2.24) is 38.2 Å². The number of halogens is 6. The number of aromatic nitrogens is 8. The zero-order chi connectivity index (χ0) is 93.3. The molecule has 22 rings (SSSR count). The molecule has 0 radical (unpaired) electrons. The number of hydrogen-bond donors (Lipinski definition) is 1. The maximum atomic E-state index is 12.5. The van der Waals surface area contributed by atoms with Crippen LogP contribution in [0.25, 0.3) is 154 Å². The van der Waals surface area contributed by atoms with Crippen LogP contribution in [-0.4, -0.2) is 84.3 Å². The van der Waals surface area contributed by atoms with Crippen LogP contribution >= 0.6 is 0 Å². The number of fused-ring (bicyclic) bond motifs is 18. The molecule has 8 heterocycles. The molecule has 0 saturated heterocycles. The smallest absolute Gasteiger partial charge is 0.876 e. The molecular formula is C112H78EuF6N8NaO9. The van der Waals surface area contributed by atoms with Gasteiger partial charge in [0.1, 0.15) is 0 Å². The first-order valence-electron chi connectivity index (χ1n) is 42.5. The van der Waals surface area contributed by atoms with Crippen molar-refractivity contribution in [3.05, 3.63) is 447 Å². The molecule has 0 fully saturated rings. The first-order chi connectivity index (χ1) is 64.9. The fraction of sp³-hybridized carbons (Fsp3) is 0.0536. The molecule has 1 unspecified atom stereocenters. The number of alkyl halides is 6. The summed E-state index contributed by atoms with van der Waals surface area (Å²) in [4.78, 5) is 65.2. The Labute approximate surface area is 842 Å². The molecule has 0 spiro atoms. The molecule has 0 saturated carbocycles. The first kappa shape index (κ1) is 98.3. The van der Waals surface area contributed by atoms with E-state index in [2.05, 4.69) is 126 Å². The van der Waals surface area contributed by atoms with Gasteiger partial charge in [0.15, 0.2) is 17.3 Å². The molecule has 0 aliphatic carbocycles. The topological polar surface area (TPSA) is 259 Å². The summed E-state index contributed by atoms with van der Waals surface area (Å²) in [6.07, 6.45) is -2.38. The van der Waals surface area contributed by atoms with Crippen LogP contribution in [0.5, 0.6) is 0 Å². The average molecular weight is 1970 g/mol. The van der Waals surface area contributed by atoms with E-state index in [1.165, 1.54) is 38.1 Å². The van der Waals surface area contributed by atoms with Gasteiger partial charge in [-0.2, -0.15) is 26.3 Å². The van der Waals surface area contributed by atoms with Crippen LogP contribution in [0.4, 0.5) is 26.3 Å². The number of carbonyl (C=O) groups is 4. The van der Waals surface area contributed by atoms with E-state index < -0.39 is 48.0 Å². The normalized spacial score (nSPS) is 11.8. The minimum Gasteiger partial charge on any atom is -0.876 e. The van der Waals surface area contributed by atoms with Crippen molar-refractivity contribution in [1.29, 1.82) is 0 Å². The van der Waals surface area contributed by atoms with Crippen molar-refractivity contribution >= 4 is 154 Å². The van der Waals surface area contributed by atoms with Crippen LogP contribution in [0.1, 0.15) is 63.0 Å². The molecule has 25 heteroatoms. The number of benzene rings is 14. The molecule has 8 aromatic heterocycles. The van der Waals surface area contributed by atoms with Gasteiger partial charge in [0.2, 0.25) is 5.78 Å². The number of para-hydroxylation sites is 8. The summed E-state index contributed by atoms with van der Waals surface area (Å²) in [6, 6.07) is 116. The molecule has 14 aromatic carbocycles. The number of ketones is 4. The van der Waals surface area contributed by atoms with Gasteiger partial charge in [-0.15, -0.1) is 11.5 Å². The van der Waals surface area contributed by atoms with E-state index in [9.17, 15) is 65.9 Å². The van der Waals surface area contributed by atoms with Crippen molar-refractivity contribution in [3.63, 3.8) is 0 Å². The van der Waals surface area contributed by atoms with E-state index in [4.69, 9.17) is 0 Å². The summed E-state index contributed by atoms with van der Waals surface area (Å²) in [6.45, 7) is 2.83.